The minimum absolute atomic E-state index is 0.0238. The molecule has 0 aromatic heterocycles. The van der Waals surface area contributed by atoms with Crippen molar-refractivity contribution in [3.05, 3.63) is 47.5 Å². The molecule has 0 saturated heterocycles. The van der Waals surface area contributed by atoms with Crippen LogP contribution in [-0.2, 0) is 4.74 Å². The molecule has 1 aromatic rings. The third kappa shape index (κ3) is 5.03. The molecule has 0 radical (unpaired) electrons. The zero-order valence-corrected chi connectivity index (χ0v) is 17.1. The Hall–Kier alpha value is -2.10. The van der Waals surface area contributed by atoms with E-state index in [2.05, 4.69) is 24.3 Å². The van der Waals surface area contributed by atoms with Gasteiger partial charge in [-0.3, -0.25) is 0 Å². The maximum atomic E-state index is 8.97. The Morgan fingerprint density at radius 2 is 1.64 bits per heavy atom. The third-order valence-electron chi connectivity index (χ3n) is 7.28. The van der Waals surface area contributed by atoms with Crippen molar-refractivity contribution in [1.29, 1.82) is 10.5 Å². The first-order chi connectivity index (χ1) is 13.7. The average Bonchev–Trinajstić information content (AvgIpc) is 2.77. The Morgan fingerprint density at radius 3 is 2.21 bits per heavy atom. The molecule has 3 rings (SSSR count). The molecule has 0 aliphatic heterocycles. The molecular weight excluding hydrogens is 344 g/mol. The van der Waals surface area contributed by atoms with Gasteiger partial charge in [-0.05, 0) is 99.7 Å². The van der Waals surface area contributed by atoms with Crippen LogP contribution in [0, 0.1) is 34.5 Å². The van der Waals surface area contributed by atoms with Crippen LogP contribution in [0.2, 0.25) is 0 Å². The van der Waals surface area contributed by atoms with Crippen LogP contribution in [0.5, 0.6) is 0 Å². The van der Waals surface area contributed by atoms with E-state index in [1.54, 1.807) is 6.08 Å². The van der Waals surface area contributed by atoms with Gasteiger partial charge >= 0.3 is 0 Å². The SMILES string of the molecule is COC1(CCC=CC#N)CCC(C2CCC(c3ccc(C#N)cc3)CC2)CC1. The maximum Gasteiger partial charge on any atom is 0.0991 e. The van der Waals surface area contributed by atoms with Crippen molar-refractivity contribution in [2.75, 3.05) is 7.11 Å². The molecule has 2 saturated carbocycles. The number of ether oxygens (including phenoxy) is 1. The van der Waals surface area contributed by atoms with Crippen LogP contribution in [0.1, 0.15) is 81.3 Å². The van der Waals surface area contributed by atoms with E-state index in [0.717, 1.165) is 43.1 Å². The highest BCUT2D eigenvalue weighted by molar-refractivity contribution is 5.33. The van der Waals surface area contributed by atoms with Crippen molar-refractivity contribution < 1.29 is 4.74 Å². The van der Waals surface area contributed by atoms with Gasteiger partial charge in [0.1, 0.15) is 0 Å². The molecule has 148 valence electrons. The fourth-order valence-corrected chi connectivity index (χ4v) is 5.43. The summed E-state index contributed by atoms with van der Waals surface area (Å²) < 4.78 is 5.95. The van der Waals surface area contributed by atoms with E-state index in [4.69, 9.17) is 15.3 Å². The second-order valence-corrected chi connectivity index (χ2v) is 8.64. The largest absolute Gasteiger partial charge is 0.378 e. The molecule has 1 aromatic carbocycles. The van der Waals surface area contributed by atoms with Crippen LogP contribution >= 0.6 is 0 Å². The standard InChI is InChI=1S/C25H32N2O/c1-28-25(15-3-2-4-18-26)16-13-24(14-17-25)23-11-9-22(10-12-23)21-7-5-20(19-27)6-8-21/h2,4-8,22-24H,3,9-17H2,1H3. The molecular formula is C25H32N2O. The molecule has 0 spiro atoms. The van der Waals surface area contributed by atoms with Gasteiger partial charge in [-0.1, -0.05) is 18.2 Å². The molecule has 3 heteroatoms. The Morgan fingerprint density at radius 1 is 1.00 bits per heavy atom. The normalized spacial score (nSPS) is 30.6. The first-order valence-corrected chi connectivity index (χ1v) is 10.8. The summed E-state index contributed by atoms with van der Waals surface area (Å²) >= 11 is 0. The average molecular weight is 377 g/mol. The number of benzene rings is 1. The summed E-state index contributed by atoms with van der Waals surface area (Å²) in [5, 5.41) is 17.6. The van der Waals surface area contributed by atoms with Gasteiger partial charge in [0.15, 0.2) is 0 Å². The fourth-order valence-electron chi connectivity index (χ4n) is 5.43. The van der Waals surface area contributed by atoms with E-state index in [1.807, 2.05) is 25.3 Å². The lowest BCUT2D eigenvalue weighted by Gasteiger charge is -2.43. The summed E-state index contributed by atoms with van der Waals surface area (Å²) in [6.45, 7) is 0. The lowest BCUT2D eigenvalue weighted by atomic mass is 9.66. The van der Waals surface area contributed by atoms with E-state index >= 15 is 0 Å². The van der Waals surface area contributed by atoms with Gasteiger partial charge in [-0.2, -0.15) is 10.5 Å². The van der Waals surface area contributed by atoms with Gasteiger partial charge in [0.2, 0.25) is 0 Å². The third-order valence-corrected chi connectivity index (χ3v) is 7.28. The maximum absolute atomic E-state index is 8.97. The van der Waals surface area contributed by atoms with Crippen LogP contribution in [0.25, 0.3) is 0 Å². The van der Waals surface area contributed by atoms with Gasteiger partial charge in [0, 0.05) is 13.2 Å². The highest BCUT2D eigenvalue weighted by Gasteiger charge is 2.38. The zero-order valence-electron chi connectivity index (χ0n) is 17.1. The molecule has 0 bridgehead atoms. The van der Waals surface area contributed by atoms with Crippen LogP contribution in [0.3, 0.4) is 0 Å². The van der Waals surface area contributed by atoms with E-state index < -0.39 is 0 Å². The number of nitrogens with zero attached hydrogens (tertiary/aromatic N) is 2. The van der Waals surface area contributed by atoms with Crippen molar-refractivity contribution >= 4 is 0 Å². The van der Waals surface area contributed by atoms with E-state index in [-0.39, 0.29) is 5.60 Å². The highest BCUT2D eigenvalue weighted by Crippen LogP contribution is 2.46. The van der Waals surface area contributed by atoms with Gasteiger partial charge in [-0.25, -0.2) is 0 Å². The molecule has 0 amide bonds. The highest BCUT2D eigenvalue weighted by atomic mass is 16.5. The predicted octanol–water partition coefficient (Wildman–Crippen LogP) is 6.27. The zero-order chi connectivity index (χ0) is 19.8. The lowest BCUT2D eigenvalue weighted by Crippen LogP contribution is -2.38. The molecule has 2 fully saturated rings. The first-order valence-electron chi connectivity index (χ1n) is 10.8. The Bertz CT molecular complexity index is 721. The lowest BCUT2D eigenvalue weighted by molar-refractivity contribution is -0.0614. The van der Waals surface area contributed by atoms with Gasteiger partial charge in [0.05, 0.1) is 23.3 Å². The van der Waals surface area contributed by atoms with Crippen LogP contribution in [0.4, 0.5) is 0 Å². The molecule has 2 aliphatic rings. The smallest absolute Gasteiger partial charge is 0.0991 e. The van der Waals surface area contributed by atoms with Gasteiger partial charge < -0.3 is 4.74 Å². The number of rotatable bonds is 6. The first kappa shape index (κ1) is 20.6. The summed E-state index contributed by atoms with van der Waals surface area (Å²) in [5.74, 6) is 2.38. The molecule has 28 heavy (non-hydrogen) atoms. The second-order valence-electron chi connectivity index (χ2n) is 8.64. The van der Waals surface area contributed by atoms with Crippen molar-refractivity contribution in [2.24, 2.45) is 11.8 Å². The number of hydrogen-bond donors (Lipinski definition) is 0. The van der Waals surface area contributed by atoms with Crippen LogP contribution in [-0.4, -0.2) is 12.7 Å². The van der Waals surface area contributed by atoms with Crippen molar-refractivity contribution in [1.82, 2.24) is 0 Å². The Kier molecular flexibility index (Phi) is 7.30. The topological polar surface area (TPSA) is 56.8 Å². The van der Waals surface area contributed by atoms with Gasteiger partial charge in [0.25, 0.3) is 0 Å². The monoisotopic (exact) mass is 376 g/mol. The second kappa shape index (κ2) is 9.90. The molecule has 0 unspecified atom stereocenters. The summed E-state index contributed by atoms with van der Waals surface area (Å²) in [6.07, 6.45) is 15.6. The number of allylic oxidation sites excluding steroid dienone is 2. The van der Waals surface area contributed by atoms with Crippen LogP contribution < -0.4 is 0 Å². The van der Waals surface area contributed by atoms with E-state index in [9.17, 15) is 0 Å². The van der Waals surface area contributed by atoms with E-state index in [0.29, 0.717) is 5.92 Å². The Balaban J connectivity index is 1.47. The van der Waals surface area contributed by atoms with Crippen molar-refractivity contribution in [2.45, 2.75) is 75.7 Å². The molecule has 3 nitrogen and oxygen atoms in total. The summed E-state index contributed by atoms with van der Waals surface area (Å²) in [4.78, 5) is 0. The van der Waals surface area contributed by atoms with E-state index in [1.165, 1.54) is 44.1 Å². The number of hydrogen-bond acceptors (Lipinski definition) is 3. The molecule has 0 heterocycles. The quantitative estimate of drug-likeness (QED) is 0.550. The number of nitriles is 2. The summed E-state index contributed by atoms with van der Waals surface area (Å²) in [6, 6.07) is 12.5. The molecule has 0 N–H and O–H groups in total. The summed E-state index contributed by atoms with van der Waals surface area (Å²) in [7, 11) is 1.86. The summed E-state index contributed by atoms with van der Waals surface area (Å²) in [5.41, 5.74) is 2.19. The minimum Gasteiger partial charge on any atom is -0.378 e. The van der Waals surface area contributed by atoms with Crippen LogP contribution in [0.15, 0.2) is 36.4 Å². The fraction of sp³-hybridized carbons (Fsp3) is 0.600. The molecule has 0 atom stereocenters. The Labute approximate surface area is 170 Å². The predicted molar refractivity (Wildman–Crippen MR) is 112 cm³/mol. The minimum atomic E-state index is 0.0238. The van der Waals surface area contributed by atoms with Gasteiger partial charge in [-0.15, -0.1) is 0 Å². The van der Waals surface area contributed by atoms with Crippen molar-refractivity contribution in [3.8, 4) is 12.1 Å². The number of methoxy groups -OCH3 is 1. The molecule has 2 aliphatic carbocycles. The van der Waals surface area contributed by atoms with Crippen molar-refractivity contribution in [3.63, 3.8) is 0 Å².